The Morgan fingerprint density at radius 2 is 1.53 bits per heavy atom. The van der Waals surface area contributed by atoms with E-state index in [-0.39, 0.29) is 37.1 Å². The molecule has 1 aromatic carbocycles. The fourth-order valence-electron chi connectivity index (χ4n) is 5.45. The molecular formula is C35H49NO9. The zero-order valence-electron chi connectivity index (χ0n) is 26.7. The van der Waals surface area contributed by atoms with Crippen molar-refractivity contribution in [2.75, 3.05) is 39.6 Å². The van der Waals surface area contributed by atoms with Crippen LogP contribution in [0, 0.1) is 17.8 Å². The van der Waals surface area contributed by atoms with Crippen molar-refractivity contribution in [1.82, 2.24) is 5.32 Å². The molecule has 7 atom stereocenters. The Kier molecular flexibility index (Phi) is 15.0. The summed E-state index contributed by atoms with van der Waals surface area (Å²) < 4.78 is 28.1. The van der Waals surface area contributed by atoms with Crippen molar-refractivity contribution in [1.29, 1.82) is 0 Å². The molecule has 1 amide bonds. The Bertz CT molecular complexity index is 1150. The molecule has 2 aliphatic heterocycles. The topological polar surface area (TPSA) is 130 Å². The van der Waals surface area contributed by atoms with Crippen molar-refractivity contribution in [2.24, 2.45) is 17.8 Å². The highest BCUT2D eigenvalue weighted by atomic mass is 16.6. The van der Waals surface area contributed by atoms with E-state index in [2.05, 4.69) is 44.5 Å². The Morgan fingerprint density at radius 3 is 2.16 bits per heavy atom. The molecule has 2 fully saturated rings. The monoisotopic (exact) mass is 627 g/mol. The number of carboxylic acids is 1. The van der Waals surface area contributed by atoms with Crippen LogP contribution < -0.4 is 5.32 Å². The zero-order valence-corrected chi connectivity index (χ0v) is 26.7. The van der Waals surface area contributed by atoms with Gasteiger partial charge in [-0.05, 0) is 43.2 Å². The van der Waals surface area contributed by atoms with Crippen LogP contribution in [0.3, 0.4) is 0 Å². The molecule has 3 rings (SSSR count). The smallest absolute Gasteiger partial charge is 0.313 e. The van der Waals surface area contributed by atoms with E-state index in [4.69, 9.17) is 23.7 Å². The fourth-order valence-corrected chi connectivity index (χ4v) is 5.45. The summed E-state index contributed by atoms with van der Waals surface area (Å²) >= 11 is 0. The lowest BCUT2D eigenvalue weighted by molar-refractivity contribution is -0.147. The first-order chi connectivity index (χ1) is 21.6. The van der Waals surface area contributed by atoms with Crippen LogP contribution in [0.1, 0.15) is 50.7 Å². The van der Waals surface area contributed by atoms with E-state index in [1.54, 1.807) is 18.2 Å². The summed E-state index contributed by atoms with van der Waals surface area (Å²) in [4.78, 5) is 36.8. The highest BCUT2D eigenvalue weighted by Crippen LogP contribution is 2.31. The number of hydrogen-bond acceptors (Lipinski definition) is 8. The lowest BCUT2D eigenvalue weighted by Crippen LogP contribution is -2.36. The molecule has 0 saturated carbocycles. The van der Waals surface area contributed by atoms with Gasteiger partial charge in [0, 0.05) is 6.54 Å². The number of ether oxygens (including phenoxy) is 5. The van der Waals surface area contributed by atoms with Crippen LogP contribution in [0.4, 0.5) is 0 Å². The maximum absolute atomic E-state index is 12.9. The van der Waals surface area contributed by atoms with Crippen LogP contribution in [-0.4, -0.2) is 86.9 Å². The van der Waals surface area contributed by atoms with Gasteiger partial charge in [0.05, 0.1) is 68.6 Å². The van der Waals surface area contributed by atoms with E-state index in [9.17, 15) is 19.5 Å². The van der Waals surface area contributed by atoms with Gasteiger partial charge in [-0.2, -0.15) is 0 Å². The SMILES string of the molecule is C=CC1CC(C(=O)NCCOCCOCCOC(=O)C(C)c2ccc(CC(C)C)cc2)C(/C=C\C2CC(C(=O)O)C(C=C)O2)O1. The van der Waals surface area contributed by atoms with E-state index < -0.39 is 36.1 Å². The molecule has 2 aliphatic rings. The van der Waals surface area contributed by atoms with Crippen LogP contribution in [0.15, 0.2) is 61.7 Å². The molecule has 0 spiro atoms. The van der Waals surface area contributed by atoms with Crippen molar-refractivity contribution < 1.29 is 43.2 Å². The standard InChI is InChI=1S/C35H49NO9/c1-6-27-21-29(32(44-27)13-12-28-22-30(34(38)39)31(7-2)45-28)33(37)36-14-15-41-16-17-42-18-19-43-35(40)24(5)26-10-8-25(9-11-26)20-23(3)4/h6-13,23-24,27-32H,1-2,14-22H2,3-5H3,(H,36,37)(H,38,39)/b13-12-. The number of nitrogens with one attached hydrogen (secondary N) is 1. The van der Waals surface area contributed by atoms with E-state index in [0.717, 1.165) is 12.0 Å². The van der Waals surface area contributed by atoms with E-state index in [0.29, 0.717) is 45.1 Å². The average molecular weight is 628 g/mol. The first kappa shape index (κ1) is 36.2. The molecule has 0 radical (unpaired) electrons. The highest BCUT2D eigenvalue weighted by Gasteiger charge is 2.39. The minimum Gasteiger partial charge on any atom is -0.481 e. The zero-order chi connectivity index (χ0) is 32.8. The Balaban J connectivity index is 1.27. The molecule has 45 heavy (non-hydrogen) atoms. The number of aliphatic carboxylic acids is 1. The van der Waals surface area contributed by atoms with E-state index >= 15 is 0 Å². The average Bonchev–Trinajstić information content (AvgIpc) is 3.64. The molecular weight excluding hydrogens is 578 g/mol. The number of carbonyl (C=O) groups is 3. The quantitative estimate of drug-likeness (QED) is 0.131. The van der Waals surface area contributed by atoms with Crippen LogP contribution >= 0.6 is 0 Å². The Hall–Kier alpha value is -3.31. The van der Waals surface area contributed by atoms with Crippen LogP contribution in [0.5, 0.6) is 0 Å². The molecule has 0 bridgehead atoms. The predicted molar refractivity (Wildman–Crippen MR) is 170 cm³/mol. The lowest BCUT2D eigenvalue weighted by atomic mass is 9.96. The summed E-state index contributed by atoms with van der Waals surface area (Å²) in [7, 11) is 0. The van der Waals surface area contributed by atoms with Gasteiger partial charge in [0.1, 0.15) is 6.61 Å². The van der Waals surface area contributed by atoms with Gasteiger partial charge in [0.15, 0.2) is 0 Å². The molecule has 248 valence electrons. The molecule has 2 N–H and O–H groups in total. The minimum atomic E-state index is -0.921. The summed E-state index contributed by atoms with van der Waals surface area (Å²) in [5.41, 5.74) is 2.18. The third kappa shape index (κ3) is 11.5. The number of carbonyl (C=O) groups excluding carboxylic acids is 2. The summed E-state index contributed by atoms with van der Waals surface area (Å²) in [5.74, 6) is -2.20. The number of carboxylic acid groups (broad SMARTS) is 1. The van der Waals surface area contributed by atoms with Crippen molar-refractivity contribution in [2.45, 2.75) is 70.4 Å². The first-order valence-electron chi connectivity index (χ1n) is 15.8. The fraction of sp³-hybridized carbons (Fsp3) is 0.571. The molecule has 0 aliphatic carbocycles. The molecule has 10 nitrogen and oxygen atoms in total. The molecule has 0 aromatic heterocycles. The largest absolute Gasteiger partial charge is 0.481 e. The lowest BCUT2D eigenvalue weighted by Gasteiger charge is -2.16. The second kappa shape index (κ2) is 18.6. The van der Waals surface area contributed by atoms with Crippen molar-refractivity contribution >= 4 is 17.8 Å². The molecule has 7 unspecified atom stereocenters. The van der Waals surface area contributed by atoms with E-state index in [1.165, 1.54) is 11.6 Å². The van der Waals surface area contributed by atoms with Gasteiger partial charge >= 0.3 is 11.9 Å². The minimum absolute atomic E-state index is 0.156. The van der Waals surface area contributed by atoms with Gasteiger partial charge in [-0.15, -0.1) is 13.2 Å². The number of esters is 1. The Morgan fingerprint density at radius 1 is 0.889 bits per heavy atom. The summed E-state index contributed by atoms with van der Waals surface area (Å²) in [5, 5.41) is 12.3. The van der Waals surface area contributed by atoms with E-state index in [1.807, 2.05) is 19.1 Å². The third-order valence-corrected chi connectivity index (χ3v) is 7.96. The van der Waals surface area contributed by atoms with Crippen molar-refractivity contribution in [3.8, 4) is 0 Å². The van der Waals surface area contributed by atoms with Gasteiger partial charge in [-0.3, -0.25) is 14.4 Å². The van der Waals surface area contributed by atoms with Gasteiger partial charge < -0.3 is 34.1 Å². The number of amides is 1. The number of rotatable bonds is 19. The van der Waals surface area contributed by atoms with Gasteiger partial charge in [0.25, 0.3) is 0 Å². The second-order valence-corrected chi connectivity index (χ2v) is 11.9. The summed E-state index contributed by atoms with van der Waals surface area (Å²) in [6.45, 7) is 15.4. The summed E-state index contributed by atoms with van der Waals surface area (Å²) in [6.07, 6.45) is 6.86. The third-order valence-electron chi connectivity index (χ3n) is 7.96. The van der Waals surface area contributed by atoms with Crippen molar-refractivity contribution in [3.05, 3.63) is 72.9 Å². The molecule has 2 heterocycles. The predicted octanol–water partition coefficient (Wildman–Crippen LogP) is 4.24. The maximum Gasteiger partial charge on any atom is 0.313 e. The van der Waals surface area contributed by atoms with Crippen molar-refractivity contribution in [3.63, 3.8) is 0 Å². The highest BCUT2D eigenvalue weighted by molar-refractivity contribution is 5.80. The van der Waals surface area contributed by atoms with Crippen LogP contribution in [-0.2, 0) is 44.5 Å². The Labute approximate surface area is 266 Å². The second-order valence-electron chi connectivity index (χ2n) is 11.9. The van der Waals surface area contributed by atoms with Crippen LogP contribution in [0.25, 0.3) is 0 Å². The van der Waals surface area contributed by atoms with Gasteiger partial charge in [-0.1, -0.05) is 62.4 Å². The number of benzene rings is 1. The molecule has 2 saturated heterocycles. The first-order valence-corrected chi connectivity index (χ1v) is 15.8. The normalized spacial score (nSPS) is 25.3. The maximum atomic E-state index is 12.9. The van der Waals surface area contributed by atoms with Crippen LogP contribution in [0.2, 0.25) is 0 Å². The number of hydrogen-bond donors (Lipinski definition) is 2. The molecule has 10 heteroatoms. The summed E-state index contributed by atoms with van der Waals surface area (Å²) in [6, 6.07) is 8.10. The molecule has 1 aromatic rings. The van der Waals surface area contributed by atoms with Gasteiger partial charge in [0.2, 0.25) is 5.91 Å². The van der Waals surface area contributed by atoms with Gasteiger partial charge in [-0.25, -0.2) is 0 Å².